The molecule has 0 radical (unpaired) electrons. The highest BCUT2D eigenvalue weighted by Crippen LogP contribution is 2.17. The SMILES string of the molecule is CCC(C)N(CCC(N)=S)C(=O)c1cccc(OC)c1. The first-order valence-corrected chi connectivity index (χ1v) is 7.13. The summed E-state index contributed by atoms with van der Waals surface area (Å²) in [4.78, 5) is 14.9. The largest absolute Gasteiger partial charge is 0.497 e. The molecule has 0 aromatic heterocycles. The van der Waals surface area contributed by atoms with Crippen LogP contribution in [0.3, 0.4) is 0 Å². The van der Waals surface area contributed by atoms with Gasteiger partial charge in [0.2, 0.25) is 0 Å². The summed E-state index contributed by atoms with van der Waals surface area (Å²) >= 11 is 4.90. The first kappa shape index (κ1) is 16.4. The summed E-state index contributed by atoms with van der Waals surface area (Å²) in [7, 11) is 1.59. The number of methoxy groups -OCH3 is 1. The summed E-state index contributed by atoms with van der Waals surface area (Å²) in [6.07, 6.45) is 1.42. The van der Waals surface area contributed by atoms with Crippen molar-refractivity contribution in [2.24, 2.45) is 5.73 Å². The van der Waals surface area contributed by atoms with Gasteiger partial charge in [0, 0.05) is 24.6 Å². The highest BCUT2D eigenvalue weighted by Gasteiger charge is 2.20. The molecule has 20 heavy (non-hydrogen) atoms. The van der Waals surface area contributed by atoms with E-state index in [4.69, 9.17) is 22.7 Å². The Morgan fingerprint density at radius 2 is 2.20 bits per heavy atom. The van der Waals surface area contributed by atoms with Crippen LogP contribution in [0.4, 0.5) is 0 Å². The van der Waals surface area contributed by atoms with E-state index in [0.717, 1.165) is 6.42 Å². The average Bonchev–Trinajstić information content (AvgIpc) is 2.46. The summed E-state index contributed by atoms with van der Waals surface area (Å²) in [6.45, 7) is 4.62. The van der Waals surface area contributed by atoms with Crippen molar-refractivity contribution >= 4 is 23.1 Å². The molecule has 1 atom stereocenters. The average molecular weight is 294 g/mol. The highest BCUT2D eigenvalue weighted by molar-refractivity contribution is 7.80. The zero-order valence-electron chi connectivity index (χ0n) is 12.3. The van der Waals surface area contributed by atoms with Gasteiger partial charge in [-0.05, 0) is 31.5 Å². The molecule has 1 aromatic carbocycles. The molecule has 0 aliphatic heterocycles. The Hall–Kier alpha value is -1.62. The fraction of sp³-hybridized carbons (Fsp3) is 0.467. The maximum absolute atomic E-state index is 12.6. The van der Waals surface area contributed by atoms with E-state index in [1.54, 1.807) is 19.2 Å². The molecule has 0 spiro atoms. The number of carbonyl (C=O) groups excluding carboxylic acids is 1. The molecule has 5 heteroatoms. The van der Waals surface area contributed by atoms with Crippen molar-refractivity contribution in [2.75, 3.05) is 13.7 Å². The van der Waals surface area contributed by atoms with E-state index in [1.165, 1.54) is 0 Å². The first-order valence-electron chi connectivity index (χ1n) is 6.72. The molecule has 4 nitrogen and oxygen atoms in total. The molecule has 1 unspecified atom stereocenters. The second-order valence-corrected chi connectivity index (χ2v) is 5.23. The van der Waals surface area contributed by atoms with Gasteiger partial charge in [-0.15, -0.1) is 0 Å². The van der Waals surface area contributed by atoms with E-state index in [2.05, 4.69) is 6.92 Å². The Balaban J connectivity index is 2.93. The van der Waals surface area contributed by atoms with Gasteiger partial charge >= 0.3 is 0 Å². The molecule has 110 valence electrons. The van der Waals surface area contributed by atoms with E-state index in [0.29, 0.717) is 29.3 Å². The Bertz CT molecular complexity index is 477. The molecule has 0 heterocycles. The highest BCUT2D eigenvalue weighted by atomic mass is 32.1. The summed E-state index contributed by atoms with van der Waals surface area (Å²) in [5, 5.41) is 0. The minimum atomic E-state index is -0.0190. The standard InChI is InChI=1S/C15H22N2O2S/c1-4-11(2)17(9-8-14(16)20)15(18)12-6-5-7-13(10-12)19-3/h5-7,10-11H,4,8-9H2,1-3H3,(H2,16,20). The third-order valence-electron chi connectivity index (χ3n) is 3.30. The van der Waals surface area contributed by atoms with Crippen molar-refractivity contribution in [1.82, 2.24) is 4.90 Å². The van der Waals surface area contributed by atoms with E-state index in [9.17, 15) is 4.79 Å². The smallest absolute Gasteiger partial charge is 0.254 e. The first-order chi connectivity index (χ1) is 9.49. The van der Waals surface area contributed by atoms with Gasteiger partial charge in [-0.3, -0.25) is 4.79 Å². The molecular formula is C15H22N2O2S. The predicted octanol–water partition coefficient (Wildman–Crippen LogP) is 2.61. The molecule has 1 aromatic rings. The maximum atomic E-state index is 12.6. The van der Waals surface area contributed by atoms with Crippen LogP contribution in [0.2, 0.25) is 0 Å². The minimum Gasteiger partial charge on any atom is -0.497 e. The monoisotopic (exact) mass is 294 g/mol. The van der Waals surface area contributed by atoms with Crippen LogP contribution in [-0.2, 0) is 0 Å². The second kappa shape index (κ2) is 7.85. The van der Waals surface area contributed by atoms with Gasteiger partial charge in [0.15, 0.2) is 0 Å². The van der Waals surface area contributed by atoms with E-state index < -0.39 is 0 Å². The molecule has 0 aliphatic rings. The number of carbonyl (C=O) groups is 1. The fourth-order valence-electron chi connectivity index (χ4n) is 1.90. The molecule has 0 saturated heterocycles. The number of hydrogen-bond donors (Lipinski definition) is 1. The Morgan fingerprint density at radius 3 is 2.75 bits per heavy atom. The quantitative estimate of drug-likeness (QED) is 0.785. The van der Waals surface area contributed by atoms with Gasteiger partial charge in [0.1, 0.15) is 5.75 Å². The number of nitrogens with two attached hydrogens (primary N) is 1. The molecule has 1 rings (SSSR count). The maximum Gasteiger partial charge on any atom is 0.254 e. The third-order valence-corrected chi connectivity index (χ3v) is 3.50. The summed E-state index contributed by atoms with van der Waals surface area (Å²) < 4.78 is 5.16. The number of rotatable bonds is 7. The van der Waals surface area contributed by atoms with Crippen LogP contribution >= 0.6 is 12.2 Å². The van der Waals surface area contributed by atoms with E-state index >= 15 is 0 Å². The van der Waals surface area contributed by atoms with Crippen molar-refractivity contribution in [3.8, 4) is 5.75 Å². The Labute approximate surface area is 125 Å². The van der Waals surface area contributed by atoms with Crippen molar-refractivity contribution in [2.45, 2.75) is 32.7 Å². The van der Waals surface area contributed by atoms with E-state index in [1.807, 2.05) is 24.0 Å². The molecular weight excluding hydrogens is 272 g/mol. The van der Waals surface area contributed by atoms with Gasteiger partial charge in [-0.1, -0.05) is 25.2 Å². The van der Waals surface area contributed by atoms with Crippen LogP contribution in [-0.4, -0.2) is 35.5 Å². The second-order valence-electron chi connectivity index (χ2n) is 4.70. The van der Waals surface area contributed by atoms with Crippen molar-refractivity contribution in [3.05, 3.63) is 29.8 Å². The van der Waals surface area contributed by atoms with Gasteiger partial charge in [0.05, 0.1) is 12.1 Å². The van der Waals surface area contributed by atoms with Crippen LogP contribution in [0.5, 0.6) is 5.75 Å². The van der Waals surface area contributed by atoms with Crippen LogP contribution in [0.1, 0.15) is 37.0 Å². The van der Waals surface area contributed by atoms with Crippen LogP contribution in [0.25, 0.3) is 0 Å². The van der Waals surface area contributed by atoms with E-state index in [-0.39, 0.29) is 11.9 Å². The Morgan fingerprint density at radius 1 is 1.50 bits per heavy atom. The number of hydrogen-bond acceptors (Lipinski definition) is 3. The molecule has 0 saturated carbocycles. The summed E-state index contributed by atoms with van der Waals surface area (Å²) in [5.41, 5.74) is 6.16. The molecule has 0 bridgehead atoms. The van der Waals surface area contributed by atoms with Gasteiger partial charge in [-0.25, -0.2) is 0 Å². The number of ether oxygens (including phenoxy) is 1. The lowest BCUT2D eigenvalue weighted by Crippen LogP contribution is -2.40. The van der Waals surface area contributed by atoms with Gasteiger partial charge < -0.3 is 15.4 Å². The number of nitrogens with zero attached hydrogens (tertiary/aromatic N) is 1. The molecule has 0 aliphatic carbocycles. The predicted molar refractivity (Wildman–Crippen MR) is 85.2 cm³/mol. The van der Waals surface area contributed by atoms with Gasteiger partial charge in [-0.2, -0.15) is 0 Å². The summed E-state index contributed by atoms with van der Waals surface area (Å²) in [5.74, 6) is 0.656. The van der Waals surface area contributed by atoms with Gasteiger partial charge in [0.25, 0.3) is 5.91 Å². The summed E-state index contributed by atoms with van der Waals surface area (Å²) in [6, 6.07) is 7.32. The third kappa shape index (κ3) is 4.49. The Kier molecular flexibility index (Phi) is 6.45. The fourth-order valence-corrected chi connectivity index (χ4v) is 1.99. The zero-order chi connectivity index (χ0) is 15.1. The minimum absolute atomic E-state index is 0.0190. The lowest BCUT2D eigenvalue weighted by atomic mass is 10.1. The molecule has 2 N–H and O–H groups in total. The van der Waals surface area contributed by atoms with Crippen LogP contribution in [0, 0.1) is 0 Å². The number of thiocarbonyl (C=S) groups is 1. The number of benzene rings is 1. The molecule has 0 fully saturated rings. The van der Waals surface area contributed by atoms with Crippen molar-refractivity contribution in [1.29, 1.82) is 0 Å². The normalized spacial score (nSPS) is 11.8. The van der Waals surface area contributed by atoms with Crippen molar-refractivity contribution < 1.29 is 9.53 Å². The van der Waals surface area contributed by atoms with Crippen LogP contribution in [0.15, 0.2) is 24.3 Å². The topological polar surface area (TPSA) is 55.6 Å². The van der Waals surface area contributed by atoms with Crippen molar-refractivity contribution in [3.63, 3.8) is 0 Å². The lowest BCUT2D eigenvalue weighted by Gasteiger charge is -2.28. The lowest BCUT2D eigenvalue weighted by molar-refractivity contribution is 0.0694. The zero-order valence-corrected chi connectivity index (χ0v) is 13.1. The number of amides is 1. The van der Waals surface area contributed by atoms with Crippen LogP contribution < -0.4 is 10.5 Å². The molecule has 1 amide bonds.